The number of carbonyl (C=O) groups excluding carboxylic acids is 4. The second kappa shape index (κ2) is 34.8. The van der Waals surface area contributed by atoms with Gasteiger partial charge in [0, 0.05) is 57.3 Å². The van der Waals surface area contributed by atoms with Crippen molar-refractivity contribution >= 4 is 89.6 Å². The molecule has 0 saturated carbocycles. The Kier molecular flexibility index (Phi) is 22.9. The van der Waals surface area contributed by atoms with Crippen molar-refractivity contribution in [1.82, 2.24) is 0 Å². The Labute approximate surface area is 721 Å². The lowest BCUT2D eigenvalue weighted by molar-refractivity contribution is -0.142. The van der Waals surface area contributed by atoms with E-state index in [4.69, 9.17) is 28.4 Å². The average molecular weight is 1740 g/mol. The van der Waals surface area contributed by atoms with Crippen LogP contribution in [0, 0.1) is 68.4 Å². The largest absolute Gasteiger partial charge is 0.477 e. The summed E-state index contributed by atoms with van der Waals surface area (Å²) in [5.41, 5.74) is 11.4. The molecule has 0 saturated heterocycles. The van der Waals surface area contributed by atoms with Gasteiger partial charge in [0.15, 0.2) is 12.2 Å². The van der Waals surface area contributed by atoms with Crippen LogP contribution in [0.4, 0.5) is 17.6 Å². The van der Waals surface area contributed by atoms with Crippen LogP contribution in [0.1, 0.15) is 65.2 Å². The fourth-order valence-corrected chi connectivity index (χ4v) is 17.3. The molecule has 17 aromatic carbocycles. The van der Waals surface area contributed by atoms with Crippen LogP contribution >= 0.6 is 22.6 Å². The molecule has 123 heavy (non-hydrogen) atoms. The van der Waals surface area contributed by atoms with Crippen LogP contribution in [0.3, 0.4) is 0 Å². The van der Waals surface area contributed by atoms with Crippen molar-refractivity contribution in [2.24, 2.45) is 0 Å². The van der Waals surface area contributed by atoms with Crippen molar-refractivity contribution in [2.45, 2.75) is 66.6 Å². The monoisotopic (exact) mass is 1740 g/mol. The molecule has 0 aliphatic carbocycles. The van der Waals surface area contributed by atoms with Gasteiger partial charge in [0.05, 0.1) is 14.7 Å². The van der Waals surface area contributed by atoms with Gasteiger partial charge >= 0.3 is 23.9 Å². The second-order valence-corrected chi connectivity index (χ2v) is 31.8. The minimum absolute atomic E-state index is 0.00185. The molecule has 0 aliphatic rings. The Morgan fingerprint density at radius 1 is 0.293 bits per heavy atom. The third kappa shape index (κ3) is 16.8. The third-order valence-electron chi connectivity index (χ3n) is 22.2. The lowest BCUT2D eigenvalue weighted by atomic mass is 9.86. The smallest absolute Gasteiger partial charge is 0.353 e. The molecule has 17 rings (SSSR count). The summed E-state index contributed by atoms with van der Waals surface area (Å²) in [6.45, 7) is 11.3. The van der Waals surface area contributed by atoms with Crippen LogP contribution in [-0.4, -0.2) is 36.1 Å². The van der Waals surface area contributed by atoms with E-state index in [9.17, 15) is 0 Å². The van der Waals surface area contributed by atoms with Crippen LogP contribution in [0.2, 0.25) is 0 Å². The maximum atomic E-state index is 16.5. The van der Waals surface area contributed by atoms with E-state index in [-0.39, 0.29) is 47.3 Å². The molecule has 17 aromatic rings. The van der Waals surface area contributed by atoms with Crippen LogP contribution in [0.25, 0.3) is 110 Å². The molecule has 0 amide bonds. The van der Waals surface area contributed by atoms with E-state index in [2.05, 4.69) is 22.6 Å². The molecule has 0 bridgehead atoms. The molecule has 10 nitrogen and oxygen atoms in total. The third-order valence-corrected chi connectivity index (χ3v) is 23.3. The maximum Gasteiger partial charge on any atom is 0.353 e. The molecule has 0 radical (unpaired) electrons. The van der Waals surface area contributed by atoms with E-state index in [0.717, 1.165) is 11.1 Å². The number of esters is 4. The van der Waals surface area contributed by atoms with Crippen molar-refractivity contribution in [3.05, 3.63) is 404 Å². The normalized spacial score (nSPS) is 11.8. The lowest BCUT2D eigenvalue weighted by Gasteiger charge is -2.26. The summed E-state index contributed by atoms with van der Waals surface area (Å²) in [6.07, 6.45) is -3.12. The number of ether oxygens (including phenoxy) is 6. The van der Waals surface area contributed by atoms with Gasteiger partial charge in [0.2, 0.25) is 0 Å². The van der Waals surface area contributed by atoms with Gasteiger partial charge < -0.3 is 28.4 Å². The zero-order valence-electron chi connectivity index (χ0n) is 67.6. The van der Waals surface area contributed by atoms with Gasteiger partial charge in [-0.2, -0.15) is 0 Å². The highest BCUT2D eigenvalue weighted by molar-refractivity contribution is 14.1. The number of rotatable bonds is 22. The molecule has 0 aliphatic heterocycles. The first-order valence-corrected chi connectivity index (χ1v) is 41.2. The number of aryl methyl sites for hydroxylation is 6. The molecule has 0 heterocycles. The standard InChI is InChI=1S/C108H77F4IO10/c1-62-52-64(3)94(65(4)53-62)107(116)122-103-88(72-40-48-80(111)49-41-72)60-76-28-15-19-32-84(76)98(103)96-82-30-17-13-26-74(82)58-86(70-36-44-78(109)45-37-70)101(96)120-105(114)92(56-68-22-9-7-10-23-68)118-90-34-21-35-91(100(90)113)119-93(57-69-24-11-8-12-25-69)106(115)121-102-87(71-38-46-79(110)47-39-71)59-75-27-14-18-31-83(75)97(102)99-85-33-20-16-29-77(85)61-89(73-42-50-81(112)51-43-73)104(99)123-108(117)95-66(5)54-63(2)55-67(95)6/h7-55,58-61,92-93H,56-57H2,1-6H3/t92-,93-/m0/s1. The van der Waals surface area contributed by atoms with E-state index in [1.807, 2.05) is 248 Å². The van der Waals surface area contributed by atoms with E-state index in [0.29, 0.717) is 158 Å². The van der Waals surface area contributed by atoms with Crippen LogP contribution in [-0.2, 0) is 22.4 Å². The SMILES string of the molecule is Cc1cc(C)c(C(=O)Oc2c(-c3ccc(F)cc3)cc3ccccc3c2-c2c(OC(=O)[C@H](Cc3ccccc3)Oc3cccc(O[C@@H](Cc4ccccc4)C(=O)Oc4c(-c5ccc(F)cc5)cc5ccccc5c4-c4c(OC(=O)c5c(C)cc(C)cc5C)c(-c5ccc(F)cc5)cc5ccccc45)c3I)c(-c3ccc(F)cc3)cc3ccccc23)c(C)c1. The predicted octanol–water partition coefficient (Wildman–Crippen LogP) is 26.9. The molecule has 2 atom stereocenters. The summed E-state index contributed by atoms with van der Waals surface area (Å²) >= 11 is 2.08. The summed E-state index contributed by atoms with van der Waals surface area (Å²) in [5.74, 6) is -4.69. The van der Waals surface area contributed by atoms with Gasteiger partial charge in [-0.1, -0.05) is 248 Å². The van der Waals surface area contributed by atoms with Crippen molar-refractivity contribution in [1.29, 1.82) is 0 Å². The number of fused-ring (bicyclic) bond motifs is 4. The fourth-order valence-electron chi connectivity index (χ4n) is 16.7. The molecule has 0 N–H and O–H groups in total. The minimum Gasteiger partial charge on any atom is -0.477 e. The molecule has 0 fully saturated rings. The number of hydrogen-bond acceptors (Lipinski definition) is 10. The number of hydrogen-bond donors (Lipinski definition) is 0. The Morgan fingerprint density at radius 2 is 0.545 bits per heavy atom. The van der Waals surface area contributed by atoms with Gasteiger partial charge in [0.25, 0.3) is 0 Å². The lowest BCUT2D eigenvalue weighted by Crippen LogP contribution is -2.35. The molecule has 0 aromatic heterocycles. The van der Waals surface area contributed by atoms with E-state index < -0.39 is 59.4 Å². The summed E-state index contributed by atoms with van der Waals surface area (Å²) in [6, 6.07) is 92.2. The number of benzene rings is 17. The van der Waals surface area contributed by atoms with E-state index in [1.165, 1.54) is 48.5 Å². The quantitative estimate of drug-likeness (QED) is 0.0280. The summed E-state index contributed by atoms with van der Waals surface area (Å²) in [5, 5.41) is 5.04. The molecule has 15 heteroatoms. The number of halogens is 5. The van der Waals surface area contributed by atoms with Gasteiger partial charge in [-0.15, -0.1) is 0 Å². The summed E-state index contributed by atoms with van der Waals surface area (Å²) < 4.78 is 104. The van der Waals surface area contributed by atoms with Gasteiger partial charge in [-0.3, -0.25) is 0 Å². The molecular weight excluding hydrogens is 1660 g/mol. The van der Waals surface area contributed by atoms with Gasteiger partial charge in [0.1, 0.15) is 57.8 Å². The Morgan fingerprint density at radius 3 is 0.821 bits per heavy atom. The molecule has 0 unspecified atom stereocenters. The second-order valence-electron chi connectivity index (χ2n) is 30.8. The van der Waals surface area contributed by atoms with Gasteiger partial charge in [-0.05, 0) is 248 Å². The highest BCUT2D eigenvalue weighted by atomic mass is 127. The first kappa shape index (κ1) is 81.1. The molecule has 0 spiro atoms. The van der Waals surface area contributed by atoms with Gasteiger partial charge in [-0.25, -0.2) is 36.7 Å². The minimum atomic E-state index is -1.49. The highest BCUT2D eigenvalue weighted by Gasteiger charge is 2.36. The summed E-state index contributed by atoms with van der Waals surface area (Å²) in [7, 11) is 0. The highest BCUT2D eigenvalue weighted by Crippen LogP contribution is 2.56. The topological polar surface area (TPSA) is 124 Å². The van der Waals surface area contributed by atoms with Crippen molar-refractivity contribution < 1.29 is 65.2 Å². The van der Waals surface area contributed by atoms with Crippen molar-refractivity contribution in [2.75, 3.05) is 0 Å². The Bertz CT molecular complexity index is 6560. The Hall–Kier alpha value is -14.3. The predicted molar refractivity (Wildman–Crippen MR) is 486 cm³/mol. The zero-order chi connectivity index (χ0) is 85.3. The van der Waals surface area contributed by atoms with Crippen LogP contribution < -0.4 is 28.4 Å². The summed E-state index contributed by atoms with van der Waals surface area (Å²) in [4.78, 5) is 63.7. The maximum absolute atomic E-state index is 16.5. The Balaban J connectivity index is 0.813. The first-order chi connectivity index (χ1) is 59.6. The molecular formula is C108H77F4IO10. The molecule has 604 valence electrons. The van der Waals surface area contributed by atoms with E-state index >= 15 is 36.7 Å². The van der Waals surface area contributed by atoms with Crippen molar-refractivity contribution in [3.8, 4) is 101 Å². The van der Waals surface area contributed by atoms with Crippen LogP contribution in [0.5, 0.6) is 34.5 Å². The fraction of sp³-hybridized carbons (Fsp3) is 0.0926. The zero-order valence-corrected chi connectivity index (χ0v) is 69.8. The van der Waals surface area contributed by atoms with Crippen LogP contribution in [0.15, 0.2) is 322 Å². The first-order valence-electron chi connectivity index (χ1n) is 40.2. The average Bonchev–Trinajstić information content (AvgIpc) is 0.729. The van der Waals surface area contributed by atoms with E-state index in [1.54, 1.807) is 66.7 Å². The van der Waals surface area contributed by atoms with Crippen molar-refractivity contribution in [3.63, 3.8) is 0 Å². The number of carbonyl (C=O) groups is 4.